The third-order valence-electron chi connectivity index (χ3n) is 2.71. The van der Waals surface area contributed by atoms with Gasteiger partial charge in [-0.25, -0.2) is 0 Å². The summed E-state index contributed by atoms with van der Waals surface area (Å²) >= 11 is 0. The SMILES string of the molecule is CCCNc1nc(NCc2ccccc2)nc(OCC)n1. The summed E-state index contributed by atoms with van der Waals surface area (Å²) in [5.74, 6) is 1.04. The van der Waals surface area contributed by atoms with Gasteiger partial charge in [-0.3, -0.25) is 0 Å². The van der Waals surface area contributed by atoms with Crippen molar-refractivity contribution < 1.29 is 4.74 Å². The molecular weight excluding hydrogens is 266 g/mol. The summed E-state index contributed by atoms with van der Waals surface area (Å²) in [7, 11) is 0. The number of anilines is 2. The van der Waals surface area contributed by atoms with Gasteiger partial charge in [0.15, 0.2) is 0 Å². The van der Waals surface area contributed by atoms with Gasteiger partial charge in [0.1, 0.15) is 0 Å². The molecule has 0 amide bonds. The van der Waals surface area contributed by atoms with Crippen LogP contribution >= 0.6 is 0 Å². The molecule has 0 aliphatic rings. The fraction of sp³-hybridized carbons (Fsp3) is 0.400. The summed E-state index contributed by atoms with van der Waals surface area (Å²) in [6.45, 7) is 5.99. The molecule has 2 rings (SSSR count). The summed E-state index contributed by atoms with van der Waals surface area (Å²) in [6.07, 6.45) is 1.00. The Labute approximate surface area is 125 Å². The summed E-state index contributed by atoms with van der Waals surface area (Å²) in [6, 6.07) is 10.4. The summed E-state index contributed by atoms with van der Waals surface area (Å²) in [5, 5.41) is 6.34. The Morgan fingerprint density at radius 1 is 0.952 bits per heavy atom. The molecule has 0 fully saturated rings. The monoisotopic (exact) mass is 287 g/mol. The molecule has 0 unspecified atom stereocenters. The molecule has 1 aromatic carbocycles. The molecule has 6 heteroatoms. The van der Waals surface area contributed by atoms with Crippen LogP contribution in [-0.2, 0) is 6.54 Å². The van der Waals surface area contributed by atoms with Crippen molar-refractivity contribution in [3.8, 4) is 6.01 Å². The predicted octanol–water partition coefficient (Wildman–Crippen LogP) is 2.70. The number of nitrogens with one attached hydrogen (secondary N) is 2. The first kappa shape index (κ1) is 15.0. The number of nitrogens with zero attached hydrogens (tertiary/aromatic N) is 3. The van der Waals surface area contributed by atoms with Crippen LogP contribution < -0.4 is 15.4 Å². The summed E-state index contributed by atoms with van der Waals surface area (Å²) < 4.78 is 5.38. The number of rotatable bonds is 8. The van der Waals surface area contributed by atoms with E-state index in [0.29, 0.717) is 31.1 Å². The molecule has 0 bridgehead atoms. The van der Waals surface area contributed by atoms with Crippen molar-refractivity contribution in [1.82, 2.24) is 15.0 Å². The minimum absolute atomic E-state index is 0.335. The van der Waals surface area contributed by atoms with Crippen molar-refractivity contribution >= 4 is 11.9 Å². The molecular formula is C15H21N5O. The van der Waals surface area contributed by atoms with E-state index in [9.17, 15) is 0 Å². The van der Waals surface area contributed by atoms with Crippen LogP contribution in [0.3, 0.4) is 0 Å². The third kappa shape index (κ3) is 4.91. The van der Waals surface area contributed by atoms with E-state index in [0.717, 1.165) is 13.0 Å². The van der Waals surface area contributed by atoms with Gasteiger partial charge >= 0.3 is 6.01 Å². The molecule has 0 saturated heterocycles. The van der Waals surface area contributed by atoms with Crippen molar-refractivity contribution in [3.63, 3.8) is 0 Å². The maximum absolute atomic E-state index is 5.38. The zero-order valence-corrected chi connectivity index (χ0v) is 12.5. The van der Waals surface area contributed by atoms with Crippen molar-refractivity contribution in [2.45, 2.75) is 26.8 Å². The molecule has 6 nitrogen and oxygen atoms in total. The second-order valence-electron chi connectivity index (χ2n) is 4.46. The first-order chi connectivity index (χ1) is 10.3. The average Bonchev–Trinajstić information content (AvgIpc) is 2.52. The zero-order valence-electron chi connectivity index (χ0n) is 12.5. The molecule has 21 heavy (non-hydrogen) atoms. The lowest BCUT2D eigenvalue weighted by Crippen LogP contribution is -2.11. The minimum Gasteiger partial charge on any atom is -0.464 e. The van der Waals surface area contributed by atoms with Crippen LogP contribution in [0.25, 0.3) is 0 Å². The van der Waals surface area contributed by atoms with Gasteiger partial charge in [-0.15, -0.1) is 0 Å². The summed E-state index contributed by atoms with van der Waals surface area (Å²) in [4.78, 5) is 12.8. The smallest absolute Gasteiger partial charge is 0.323 e. The van der Waals surface area contributed by atoms with Crippen LogP contribution in [0.4, 0.5) is 11.9 Å². The highest BCUT2D eigenvalue weighted by molar-refractivity contribution is 5.36. The highest BCUT2D eigenvalue weighted by Crippen LogP contribution is 2.12. The Morgan fingerprint density at radius 2 is 1.67 bits per heavy atom. The van der Waals surface area contributed by atoms with E-state index in [4.69, 9.17) is 4.74 Å². The van der Waals surface area contributed by atoms with Crippen molar-refractivity contribution in [2.24, 2.45) is 0 Å². The predicted molar refractivity (Wildman–Crippen MR) is 83.5 cm³/mol. The maximum Gasteiger partial charge on any atom is 0.323 e. The Kier molecular flexibility index (Phi) is 5.75. The van der Waals surface area contributed by atoms with Crippen LogP contribution in [0.15, 0.2) is 30.3 Å². The number of benzene rings is 1. The highest BCUT2D eigenvalue weighted by Gasteiger charge is 2.06. The second kappa shape index (κ2) is 8.04. The standard InChI is InChI=1S/C15H21N5O/c1-3-10-16-13-18-14(20-15(19-13)21-4-2)17-11-12-8-6-5-7-9-12/h5-9H,3-4,10-11H2,1-2H3,(H2,16,17,18,19,20). The van der Waals surface area contributed by atoms with E-state index in [-0.39, 0.29) is 0 Å². The molecule has 0 saturated carbocycles. The first-order valence-electron chi connectivity index (χ1n) is 7.22. The molecule has 2 aromatic rings. The molecule has 2 N–H and O–H groups in total. The lowest BCUT2D eigenvalue weighted by atomic mass is 10.2. The van der Waals surface area contributed by atoms with Gasteiger partial charge in [0.05, 0.1) is 6.61 Å². The van der Waals surface area contributed by atoms with Crippen molar-refractivity contribution in [3.05, 3.63) is 35.9 Å². The second-order valence-corrected chi connectivity index (χ2v) is 4.46. The van der Waals surface area contributed by atoms with Gasteiger partial charge in [0.2, 0.25) is 11.9 Å². The van der Waals surface area contributed by atoms with Gasteiger partial charge in [0, 0.05) is 13.1 Å². The van der Waals surface area contributed by atoms with Crippen molar-refractivity contribution in [1.29, 1.82) is 0 Å². The van der Waals surface area contributed by atoms with Crippen LogP contribution in [0.1, 0.15) is 25.8 Å². The maximum atomic E-state index is 5.38. The third-order valence-corrected chi connectivity index (χ3v) is 2.71. The van der Waals surface area contributed by atoms with Crippen LogP contribution in [-0.4, -0.2) is 28.1 Å². The number of hydrogen-bond donors (Lipinski definition) is 2. The normalized spacial score (nSPS) is 10.2. The first-order valence-corrected chi connectivity index (χ1v) is 7.22. The number of ether oxygens (including phenoxy) is 1. The van der Waals surface area contributed by atoms with Gasteiger partial charge in [0.25, 0.3) is 0 Å². The van der Waals surface area contributed by atoms with E-state index < -0.39 is 0 Å². The highest BCUT2D eigenvalue weighted by atomic mass is 16.5. The van der Waals surface area contributed by atoms with Gasteiger partial charge in [-0.1, -0.05) is 37.3 Å². The Hall–Kier alpha value is -2.37. The van der Waals surface area contributed by atoms with Gasteiger partial charge in [-0.2, -0.15) is 15.0 Å². The van der Waals surface area contributed by atoms with E-state index in [1.54, 1.807) is 0 Å². The topological polar surface area (TPSA) is 72.0 Å². The lowest BCUT2D eigenvalue weighted by Gasteiger charge is -2.09. The molecule has 0 atom stereocenters. The van der Waals surface area contributed by atoms with E-state index in [1.165, 1.54) is 5.56 Å². The van der Waals surface area contributed by atoms with E-state index >= 15 is 0 Å². The molecule has 1 heterocycles. The molecule has 0 spiro atoms. The minimum atomic E-state index is 0.335. The Morgan fingerprint density at radius 3 is 2.33 bits per heavy atom. The molecule has 1 aromatic heterocycles. The van der Waals surface area contributed by atoms with Crippen LogP contribution in [0.2, 0.25) is 0 Å². The molecule has 0 aliphatic heterocycles. The van der Waals surface area contributed by atoms with Crippen LogP contribution in [0, 0.1) is 0 Å². The van der Waals surface area contributed by atoms with Gasteiger partial charge in [-0.05, 0) is 18.9 Å². The molecule has 0 radical (unpaired) electrons. The van der Waals surface area contributed by atoms with E-state index in [2.05, 4.69) is 32.5 Å². The van der Waals surface area contributed by atoms with Crippen LogP contribution in [0.5, 0.6) is 6.01 Å². The Balaban J connectivity index is 2.07. The largest absolute Gasteiger partial charge is 0.464 e. The fourth-order valence-corrected chi connectivity index (χ4v) is 1.72. The lowest BCUT2D eigenvalue weighted by molar-refractivity contribution is 0.312. The van der Waals surface area contributed by atoms with E-state index in [1.807, 2.05) is 37.3 Å². The molecule has 0 aliphatic carbocycles. The zero-order chi connectivity index (χ0) is 14.9. The van der Waals surface area contributed by atoms with Crippen molar-refractivity contribution in [2.75, 3.05) is 23.8 Å². The fourth-order valence-electron chi connectivity index (χ4n) is 1.72. The number of hydrogen-bond acceptors (Lipinski definition) is 6. The quantitative estimate of drug-likeness (QED) is 0.778. The number of aromatic nitrogens is 3. The summed E-state index contributed by atoms with van der Waals surface area (Å²) in [5.41, 5.74) is 1.17. The van der Waals surface area contributed by atoms with Gasteiger partial charge < -0.3 is 15.4 Å². The average molecular weight is 287 g/mol. The Bertz CT molecular complexity index is 547. The molecule has 112 valence electrons.